The van der Waals surface area contributed by atoms with Crippen LogP contribution in [-0.2, 0) is 11.2 Å². The number of carboxylic acids is 1. The van der Waals surface area contributed by atoms with Gasteiger partial charge in [-0.3, -0.25) is 4.79 Å². The molecule has 1 rings (SSSR count). The van der Waals surface area contributed by atoms with Gasteiger partial charge in [0.25, 0.3) is 0 Å². The van der Waals surface area contributed by atoms with E-state index < -0.39 is 11.9 Å². The number of carboxylic acid groups (broad SMARTS) is 1. The second kappa shape index (κ2) is 7.88. The van der Waals surface area contributed by atoms with Crippen molar-refractivity contribution in [1.82, 2.24) is 10.2 Å². The highest BCUT2D eigenvalue weighted by atomic mass is 16.4. The van der Waals surface area contributed by atoms with Crippen molar-refractivity contribution in [2.75, 3.05) is 20.1 Å². The number of hydrogen-bond acceptors (Lipinski definition) is 3. The molecule has 0 aliphatic carbocycles. The number of benzene rings is 1. The van der Waals surface area contributed by atoms with Gasteiger partial charge in [0.05, 0.1) is 5.56 Å². The Morgan fingerprint density at radius 3 is 2.57 bits per heavy atom. The van der Waals surface area contributed by atoms with Gasteiger partial charge in [0.2, 0.25) is 5.91 Å². The van der Waals surface area contributed by atoms with Gasteiger partial charge in [-0.1, -0.05) is 18.2 Å². The second-order valence-corrected chi connectivity index (χ2v) is 4.58. The predicted molar refractivity (Wildman–Crippen MR) is 76.9 cm³/mol. The maximum atomic E-state index is 11.7. The minimum Gasteiger partial charge on any atom is -0.478 e. The quantitative estimate of drug-likeness (QED) is 0.677. The third-order valence-corrected chi connectivity index (χ3v) is 2.96. The molecule has 0 saturated carbocycles. The number of aromatic carboxylic acids is 1. The van der Waals surface area contributed by atoms with E-state index in [0.717, 1.165) is 0 Å². The molecule has 0 saturated heterocycles. The zero-order valence-corrected chi connectivity index (χ0v) is 11.8. The van der Waals surface area contributed by atoms with Crippen LogP contribution in [0.4, 0.5) is 4.79 Å². The Labute approximate surface area is 122 Å². The number of rotatable bonds is 7. The summed E-state index contributed by atoms with van der Waals surface area (Å²) >= 11 is 0. The van der Waals surface area contributed by atoms with Crippen molar-refractivity contribution in [1.29, 1.82) is 0 Å². The number of nitrogens with two attached hydrogens (primary N) is 1. The molecule has 0 radical (unpaired) electrons. The topological polar surface area (TPSA) is 113 Å². The van der Waals surface area contributed by atoms with Crippen LogP contribution in [0.2, 0.25) is 0 Å². The molecule has 0 unspecified atom stereocenters. The molecule has 0 atom stereocenters. The Bertz CT molecular complexity index is 531. The number of carbonyl (C=O) groups excluding carboxylic acids is 2. The van der Waals surface area contributed by atoms with Gasteiger partial charge in [0.1, 0.15) is 0 Å². The van der Waals surface area contributed by atoms with Crippen LogP contribution in [0.5, 0.6) is 0 Å². The van der Waals surface area contributed by atoms with Gasteiger partial charge < -0.3 is 21.1 Å². The summed E-state index contributed by atoms with van der Waals surface area (Å²) < 4.78 is 0. The Kier molecular flexibility index (Phi) is 6.19. The highest BCUT2D eigenvalue weighted by Gasteiger charge is 2.12. The lowest BCUT2D eigenvalue weighted by molar-refractivity contribution is -0.117. The Hall–Kier alpha value is -2.57. The van der Waals surface area contributed by atoms with Gasteiger partial charge in [0, 0.05) is 26.6 Å². The average Bonchev–Trinajstić information content (AvgIpc) is 2.44. The van der Waals surface area contributed by atoms with E-state index in [2.05, 4.69) is 5.32 Å². The zero-order valence-electron chi connectivity index (χ0n) is 11.8. The van der Waals surface area contributed by atoms with E-state index in [1.54, 1.807) is 25.2 Å². The molecule has 7 nitrogen and oxygen atoms in total. The number of amides is 3. The second-order valence-electron chi connectivity index (χ2n) is 4.58. The summed E-state index contributed by atoms with van der Waals surface area (Å²) in [7, 11) is 1.60. The molecule has 0 bridgehead atoms. The molecule has 3 amide bonds. The molecule has 7 heteroatoms. The lowest BCUT2D eigenvalue weighted by Gasteiger charge is -2.18. The van der Waals surface area contributed by atoms with E-state index in [1.165, 1.54) is 11.0 Å². The molecule has 0 aliphatic heterocycles. The summed E-state index contributed by atoms with van der Waals surface area (Å²) in [6.07, 6.45) is 0.518. The van der Waals surface area contributed by atoms with Gasteiger partial charge in [0.15, 0.2) is 0 Å². The van der Waals surface area contributed by atoms with Crippen molar-refractivity contribution in [3.05, 3.63) is 35.4 Å². The highest BCUT2D eigenvalue weighted by molar-refractivity contribution is 5.89. The van der Waals surface area contributed by atoms with Crippen molar-refractivity contribution < 1.29 is 19.5 Å². The molecule has 0 heterocycles. The standard InChI is InChI=1S/C14H19N3O4/c1-17(14(21)16-8-6-12(15)18)9-7-10-4-2-3-5-11(10)13(19)20/h2-5H,6-9H2,1H3,(H2,15,18)(H,16,21)(H,19,20). The SMILES string of the molecule is CN(CCc1ccccc1C(=O)O)C(=O)NCCC(N)=O. The fraction of sp³-hybridized carbons (Fsp3) is 0.357. The Morgan fingerprint density at radius 1 is 1.29 bits per heavy atom. The van der Waals surface area contributed by atoms with Crippen molar-refractivity contribution in [3.63, 3.8) is 0 Å². The van der Waals surface area contributed by atoms with Crippen molar-refractivity contribution >= 4 is 17.9 Å². The van der Waals surface area contributed by atoms with Crippen LogP contribution in [0.25, 0.3) is 0 Å². The number of nitrogens with one attached hydrogen (secondary N) is 1. The van der Waals surface area contributed by atoms with E-state index in [1.807, 2.05) is 0 Å². The molecule has 4 N–H and O–H groups in total. The molecular formula is C14H19N3O4. The molecule has 0 fully saturated rings. The maximum Gasteiger partial charge on any atom is 0.335 e. The summed E-state index contributed by atoms with van der Waals surface area (Å²) in [5.41, 5.74) is 5.88. The fourth-order valence-electron chi connectivity index (χ4n) is 1.76. The van der Waals surface area contributed by atoms with E-state index in [4.69, 9.17) is 10.8 Å². The largest absolute Gasteiger partial charge is 0.478 e. The Morgan fingerprint density at radius 2 is 1.95 bits per heavy atom. The summed E-state index contributed by atoms with van der Waals surface area (Å²) in [5.74, 6) is -1.47. The zero-order chi connectivity index (χ0) is 15.8. The van der Waals surface area contributed by atoms with E-state index in [-0.39, 0.29) is 24.6 Å². The molecule has 21 heavy (non-hydrogen) atoms. The summed E-state index contributed by atoms with van der Waals surface area (Å²) in [6.45, 7) is 0.552. The fourth-order valence-corrected chi connectivity index (χ4v) is 1.76. The van der Waals surface area contributed by atoms with E-state index in [9.17, 15) is 14.4 Å². The number of hydrogen-bond donors (Lipinski definition) is 3. The molecular weight excluding hydrogens is 274 g/mol. The monoisotopic (exact) mass is 293 g/mol. The first kappa shape index (κ1) is 16.5. The van der Waals surface area contributed by atoms with Crippen LogP contribution in [0.3, 0.4) is 0 Å². The number of urea groups is 1. The first-order valence-corrected chi connectivity index (χ1v) is 6.50. The molecule has 0 aliphatic rings. The minimum absolute atomic E-state index is 0.0847. The first-order valence-electron chi connectivity index (χ1n) is 6.50. The van der Waals surface area contributed by atoms with Crippen molar-refractivity contribution in [2.45, 2.75) is 12.8 Å². The van der Waals surface area contributed by atoms with Crippen LogP contribution in [0.1, 0.15) is 22.3 Å². The van der Waals surface area contributed by atoms with Gasteiger partial charge >= 0.3 is 12.0 Å². The normalized spacial score (nSPS) is 9.95. The third-order valence-electron chi connectivity index (χ3n) is 2.96. The minimum atomic E-state index is -0.987. The first-order chi connectivity index (χ1) is 9.91. The van der Waals surface area contributed by atoms with Crippen LogP contribution >= 0.6 is 0 Å². The van der Waals surface area contributed by atoms with Crippen LogP contribution in [-0.4, -0.2) is 48.1 Å². The summed E-state index contributed by atoms with van der Waals surface area (Å²) in [6, 6.07) is 6.35. The third kappa shape index (κ3) is 5.52. The van der Waals surface area contributed by atoms with Crippen LogP contribution < -0.4 is 11.1 Å². The average molecular weight is 293 g/mol. The highest BCUT2D eigenvalue weighted by Crippen LogP contribution is 2.10. The molecule has 0 aromatic heterocycles. The summed E-state index contributed by atoms with van der Waals surface area (Å²) in [4.78, 5) is 34.8. The van der Waals surface area contributed by atoms with Crippen LogP contribution in [0, 0.1) is 0 Å². The van der Waals surface area contributed by atoms with Crippen LogP contribution in [0.15, 0.2) is 24.3 Å². The lowest BCUT2D eigenvalue weighted by atomic mass is 10.0. The maximum absolute atomic E-state index is 11.7. The van der Waals surface area contributed by atoms with Gasteiger partial charge in [-0.25, -0.2) is 9.59 Å². The van der Waals surface area contributed by atoms with E-state index in [0.29, 0.717) is 18.5 Å². The number of nitrogens with zero attached hydrogens (tertiary/aromatic N) is 1. The smallest absolute Gasteiger partial charge is 0.335 e. The van der Waals surface area contributed by atoms with Gasteiger partial charge in [-0.2, -0.15) is 0 Å². The molecule has 114 valence electrons. The number of likely N-dealkylation sites (N-methyl/N-ethyl adjacent to an activating group) is 1. The van der Waals surface area contributed by atoms with Gasteiger partial charge in [-0.05, 0) is 18.1 Å². The van der Waals surface area contributed by atoms with Gasteiger partial charge in [-0.15, -0.1) is 0 Å². The van der Waals surface area contributed by atoms with E-state index >= 15 is 0 Å². The number of carbonyl (C=O) groups is 3. The van der Waals surface area contributed by atoms with Crippen molar-refractivity contribution in [3.8, 4) is 0 Å². The Balaban J connectivity index is 2.49. The summed E-state index contributed by atoms with van der Waals surface area (Å²) in [5, 5.41) is 11.6. The lowest BCUT2D eigenvalue weighted by Crippen LogP contribution is -2.39. The molecule has 0 spiro atoms. The molecule has 1 aromatic carbocycles. The predicted octanol–water partition coefficient (Wildman–Crippen LogP) is 0.444. The van der Waals surface area contributed by atoms with Crippen molar-refractivity contribution in [2.24, 2.45) is 5.73 Å². The molecule has 1 aromatic rings. The number of primary amides is 1.